The third kappa shape index (κ3) is 4.12. The van der Waals surface area contributed by atoms with Crippen LogP contribution >= 0.6 is 12.4 Å². The molecule has 0 radical (unpaired) electrons. The first-order valence-corrected chi connectivity index (χ1v) is 8.59. The van der Waals surface area contributed by atoms with Crippen LogP contribution in [0.3, 0.4) is 0 Å². The molecule has 0 bridgehead atoms. The van der Waals surface area contributed by atoms with E-state index in [1.54, 1.807) is 38.1 Å². The summed E-state index contributed by atoms with van der Waals surface area (Å²) in [5.74, 6) is -0.318. The number of sulfonamides is 1. The van der Waals surface area contributed by atoms with Crippen LogP contribution in [0.1, 0.15) is 20.3 Å². The lowest BCUT2D eigenvalue weighted by atomic mass is 10.0. The first kappa shape index (κ1) is 18.7. The van der Waals surface area contributed by atoms with Crippen LogP contribution in [0.5, 0.6) is 0 Å². The monoisotopic (exact) mass is 347 g/mol. The summed E-state index contributed by atoms with van der Waals surface area (Å²) in [6, 6.07) is 6.63. The minimum absolute atomic E-state index is 0. The molecule has 3 N–H and O–H groups in total. The van der Waals surface area contributed by atoms with E-state index in [2.05, 4.69) is 5.32 Å². The highest BCUT2D eigenvalue weighted by Crippen LogP contribution is 2.26. The van der Waals surface area contributed by atoms with Gasteiger partial charge in [-0.2, -0.15) is 0 Å². The number of nitrogens with two attached hydrogens (primary N) is 1. The number of hydrogen-bond donors (Lipinski definition) is 2. The molecule has 0 spiro atoms. The fourth-order valence-corrected chi connectivity index (χ4v) is 3.72. The Bertz CT molecular complexity index is 634. The van der Waals surface area contributed by atoms with Gasteiger partial charge in [0.1, 0.15) is 0 Å². The first-order valence-electron chi connectivity index (χ1n) is 6.98. The quantitative estimate of drug-likeness (QED) is 0.864. The van der Waals surface area contributed by atoms with Gasteiger partial charge >= 0.3 is 0 Å². The molecule has 1 amide bonds. The zero-order chi connectivity index (χ0) is 15.6. The number of halogens is 1. The molecule has 1 aromatic carbocycles. The Morgan fingerprint density at radius 1 is 1.36 bits per heavy atom. The standard InChI is InChI=1S/C14H21N3O3S.ClH/c1-10(11(2)15)14(18)16-12-5-3-6-13(9-12)17-7-4-8-21(17,19)20;/h3,5-6,9-11H,4,7-8,15H2,1-2H3,(H,16,18);1H. The molecule has 0 aliphatic carbocycles. The molecule has 2 unspecified atom stereocenters. The van der Waals surface area contributed by atoms with Gasteiger partial charge in [0, 0.05) is 18.3 Å². The van der Waals surface area contributed by atoms with Crippen LogP contribution < -0.4 is 15.4 Å². The van der Waals surface area contributed by atoms with Crippen LogP contribution in [-0.4, -0.2) is 32.7 Å². The lowest BCUT2D eigenvalue weighted by Crippen LogP contribution is -2.34. The van der Waals surface area contributed by atoms with Gasteiger partial charge in [-0.25, -0.2) is 8.42 Å². The molecular weight excluding hydrogens is 326 g/mol. The van der Waals surface area contributed by atoms with Crippen molar-refractivity contribution in [2.45, 2.75) is 26.3 Å². The van der Waals surface area contributed by atoms with E-state index >= 15 is 0 Å². The Balaban J connectivity index is 0.00000242. The molecular formula is C14H22ClN3O3S. The zero-order valence-electron chi connectivity index (χ0n) is 12.7. The predicted octanol–water partition coefficient (Wildman–Crippen LogP) is 1.57. The Morgan fingerprint density at radius 3 is 2.59 bits per heavy atom. The first-order chi connectivity index (χ1) is 9.81. The molecule has 1 aliphatic rings. The molecule has 2 rings (SSSR count). The zero-order valence-corrected chi connectivity index (χ0v) is 14.3. The fraction of sp³-hybridized carbons (Fsp3) is 0.500. The number of carbonyl (C=O) groups excluding carboxylic acids is 1. The minimum Gasteiger partial charge on any atom is -0.327 e. The number of benzene rings is 1. The average molecular weight is 348 g/mol. The summed E-state index contributed by atoms with van der Waals surface area (Å²) in [6.45, 7) is 4.02. The molecule has 8 heteroatoms. The maximum absolute atomic E-state index is 12.0. The van der Waals surface area contributed by atoms with Gasteiger partial charge in [0.2, 0.25) is 15.9 Å². The van der Waals surface area contributed by atoms with Crippen molar-refractivity contribution >= 4 is 39.7 Å². The van der Waals surface area contributed by atoms with E-state index in [4.69, 9.17) is 5.73 Å². The van der Waals surface area contributed by atoms with Crippen LogP contribution in [-0.2, 0) is 14.8 Å². The SMILES string of the molecule is CC(N)C(C)C(=O)Nc1cccc(N2CCCS2(=O)=O)c1.Cl. The van der Waals surface area contributed by atoms with Crippen molar-refractivity contribution in [1.82, 2.24) is 0 Å². The average Bonchev–Trinajstić information content (AvgIpc) is 2.77. The molecule has 0 aromatic heterocycles. The molecule has 0 saturated carbocycles. The van der Waals surface area contributed by atoms with Gasteiger partial charge in [-0.1, -0.05) is 13.0 Å². The summed E-state index contributed by atoms with van der Waals surface area (Å²) in [7, 11) is -3.21. The third-order valence-corrected chi connectivity index (χ3v) is 5.57. The lowest BCUT2D eigenvalue weighted by Gasteiger charge is -2.19. The van der Waals surface area contributed by atoms with Gasteiger partial charge in [-0.3, -0.25) is 9.10 Å². The fourth-order valence-electron chi connectivity index (χ4n) is 2.16. The second kappa shape index (κ2) is 7.30. The second-order valence-corrected chi connectivity index (χ2v) is 7.44. The molecule has 6 nitrogen and oxygen atoms in total. The normalized spacial score (nSPS) is 19.1. The molecule has 1 heterocycles. The van der Waals surface area contributed by atoms with Crippen molar-refractivity contribution in [1.29, 1.82) is 0 Å². The predicted molar refractivity (Wildman–Crippen MR) is 90.9 cm³/mol. The highest BCUT2D eigenvalue weighted by molar-refractivity contribution is 7.93. The van der Waals surface area contributed by atoms with E-state index in [9.17, 15) is 13.2 Å². The molecule has 22 heavy (non-hydrogen) atoms. The lowest BCUT2D eigenvalue weighted by molar-refractivity contribution is -0.119. The maximum Gasteiger partial charge on any atom is 0.235 e. The van der Waals surface area contributed by atoms with Crippen LogP contribution in [0.15, 0.2) is 24.3 Å². The number of nitrogens with one attached hydrogen (secondary N) is 1. The summed E-state index contributed by atoms with van der Waals surface area (Å²) >= 11 is 0. The van der Waals surface area contributed by atoms with Crippen LogP contribution in [0.2, 0.25) is 0 Å². The molecule has 124 valence electrons. The summed E-state index contributed by atoms with van der Waals surface area (Å²) in [5, 5.41) is 2.77. The Labute approximate surface area is 137 Å². The highest BCUT2D eigenvalue weighted by Gasteiger charge is 2.28. The van der Waals surface area contributed by atoms with Crippen molar-refractivity contribution in [3.8, 4) is 0 Å². The summed E-state index contributed by atoms with van der Waals surface area (Å²) in [4.78, 5) is 12.0. The van der Waals surface area contributed by atoms with E-state index in [0.29, 0.717) is 24.3 Å². The minimum atomic E-state index is -3.21. The number of nitrogens with zero attached hydrogens (tertiary/aromatic N) is 1. The van der Waals surface area contributed by atoms with Gasteiger partial charge in [0.25, 0.3) is 0 Å². The number of amides is 1. The van der Waals surface area contributed by atoms with E-state index in [-0.39, 0.29) is 36.0 Å². The summed E-state index contributed by atoms with van der Waals surface area (Å²) in [5.41, 5.74) is 6.87. The van der Waals surface area contributed by atoms with Crippen molar-refractivity contribution < 1.29 is 13.2 Å². The van der Waals surface area contributed by atoms with Gasteiger partial charge in [0.15, 0.2) is 0 Å². The molecule has 2 atom stereocenters. The largest absolute Gasteiger partial charge is 0.327 e. The number of rotatable bonds is 4. The highest BCUT2D eigenvalue weighted by atomic mass is 35.5. The van der Waals surface area contributed by atoms with Crippen molar-refractivity contribution in [2.75, 3.05) is 21.9 Å². The van der Waals surface area contributed by atoms with Crippen LogP contribution in [0.4, 0.5) is 11.4 Å². The molecule has 1 aliphatic heterocycles. The van der Waals surface area contributed by atoms with Gasteiger partial charge < -0.3 is 11.1 Å². The Hall–Kier alpha value is -1.31. The van der Waals surface area contributed by atoms with Crippen molar-refractivity contribution in [3.63, 3.8) is 0 Å². The molecule has 1 saturated heterocycles. The van der Waals surface area contributed by atoms with Gasteiger partial charge in [0.05, 0.1) is 17.4 Å². The van der Waals surface area contributed by atoms with Gasteiger partial charge in [-0.05, 0) is 31.5 Å². The summed E-state index contributed by atoms with van der Waals surface area (Å²) < 4.78 is 25.2. The van der Waals surface area contributed by atoms with Crippen molar-refractivity contribution in [2.24, 2.45) is 11.7 Å². The van der Waals surface area contributed by atoms with Gasteiger partial charge in [-0.15, -0.1) is 12.4 Å². The Morgan fingerprint density at radius 2 is 2.05 bits per heavy atom. The second-order valence-electron chi connectivity index (χ2n) is 5.43. The van der Waals surface area contributed by atoms with E-state index in [1.165, 1.54) is 4.31 Å². The third-order valence-electron chi connectivity index (χ3n) is 3.70. The van der Waals surface area contributed by atoms with E-state index in [0.717, 1.165) is 0 Å². The smallest absolute Gasteiger partial charge is 0.235 e. The molecule has 1 aromatic rings. The number of anilines is 2. The van der Waals surface area contributed by atoms with E-state index < -0.39 is 10.0 Å². The van der Waals surface area contributed by atoms with Crippen molar-refractivity contribution in [3.05, 3.63) is 24.3 Å². The maximum atomic E-state index is 12.0. The Kier molecular flexibility index (Phi) is 6.22. The van der Waals surface area contributed by atoms with E-state index in [1.807, 2.05) is 0 Å². The number of hydrogen-bond acceptors (Lipinski definition) is 4. The number of carbonyl (C=O) groups is 1. The van der Waals surface area contributed by atoms with Crippen LogP contribution in [0, 0.1) is 5.92 Å². The summed E-state index contributed by atoms with van der Waals surface area (Å²) in [6.07, 6.45) is 0.626. The topological polar surface area (TPSA) is 92.5 Å². The van der Waals surface area contributed by atoms with Crippen LogP contribution in [0.25, 0.3) is 0 Å². The molecule has 1 fully saturated rings.